The normalized spacial score (nSPS) is 12.1. The molecule has 0 aliphatic heterocycles. The first kappa shape index (κ1) is 10.2. The summed E-state index contributed by atoms with van der Waals surface area (Å²) in [6.45, 7) is 11.7. The van der Waals surface area contributed by atoms with Crippen LogP contribution in [0.1, 0.15) is 46.0 Å². The molecular weight excluding hydrogens is 162 g/mol. The van der Waals surface area contributed by atoms with Crippen molar-refractivity contribution in [3.63, 3.8) is 0 Å². The molecule has 74 valence electrons. The van der Waals surface area contributed by atoms with Gasteiger partial charge in [0, 0.05) is 12.0 Å². The average molecular weight is 181 g/mol. The van der Waals surface area contributed by atoms with E-state index < -0.39 is 0 Å². The monoisotopic (exact) mass is 181 g/mol. The van der Waals surface area contributed by atoms with Crippen molar-refractivity contribution in [1.82, 2.24) is 15.0 Å². The zero-order valence-electron chi connectivity index (χ0n) is 9.26. The second-order valence-electron chi connectivity index (χ2n) is 4.30. The Labute approximate surface area is 80.1 Å². The van der Waals surface area contributed by atoms with Crippen molar-refractivity contribution in [1.29, 1.82) is 0 Å². The van der Waals surface area contributed by atoms with Gasteiger partial charge in [0.1, 0.15) is 0 Å². The molecule has 0 spiro atoms. The van der Waals surface area contributed by atoms with Gasteiger partial charge in [0.2, 0.25) is 0 Å². The van der Waals surface area contributed by atoms with Crippen LogP contribution in [0.3, 0.4) is 0 Å². The lowest BCUT2D eigenvalue weighted by Crippen LogP contribution is -2.15. The second-order valence-corrected chi connectivity index (χ2v) is 4.30. The van der Waals surface area contributed by atoms with Gasteiger partial charge in [-0.05, 0) is 13.3 Å². The topological polar surface area (TPSA) is 30.7 Å². The van der Waals surface area contributed by atoms with Crippen LogP contribution in [0.15, 0.2) is 0 Å². The molecule has 0 bridgehead atoms. The number of aryl methyl sites for hydroxylation is 1. The Morgan fingerprint density at radius 3 is 2.23 bits per heavy atom. The lowest BCUT2D eigenvalue weighted by atomic mass is 9.90. The minimum absolute atomic E-state index is 0.110. The van der Waals surface area contributed by atoms with E-state index in [1.807, 2.05) is 4.68 Å². The third-order valence-electron chi connectivity index (χ3n) is 2.18. The molecule has 1 aromatic rings. The van der Waals surface area contributed by atoms with Crippen molar-refractivity contribution < 1.29 is 0 Å². The van der Waals surface area contributed by atoms with Crippen molar-refractivity contribution in [2.45, 2.75) is 53.0 Å². The Hall–Kier alpha value is -0.860. The van der Waals surface area contributed by atoms with Gasteiger partial charge in [0.05, 0.1) is 11.4 Å². The van der Waals surface area contributed by atoms with Gasteiger partial charge in [-0.1, -0.05) is 32.9 Å². The van der Waals surface area contributed by atoms with Crippen LogP contribution in [0, 0.1) is 0 Å². The first-order valence-corrected chi connectivity index (χ1v) is 4.93. The molecule has 0 aliphatic rings. The Kier molecular flexibility index (Phi) is 2.74. The number of hydrogen-bond acceptors (Lipinski definition) is 2. The molecular formula is C10H19N3. The van der Waals surface area contributed by atoms with Gasteiger partial charge in [-0.3, -0.25) is 0 Å². The SMILES string of the molecule is CCc1c(C(C)(C)C)nnn1CC. The molecule has 0 saturated heterocycles. The fourth-order valence-corrected chi connectivity index (χ4v) is 1.52. The number of nitrogens with zero attached hydrogens (tertiary/aromatic N) is 3. The molecule has 0 aromatic carbocycles. The Bertz CT molecular complexity index is 281. The Morgan fingerprint density at radius 1 is 1.23 bits per heavy atom. The molecule has 13 heavy (non-hydrogen) atoms. The minimum atomic E-state index is 0.110. The smallest absolute Gasteiger partial charge is 0.0912 e. The van der Waals surface area contributed by atoms with E-state index in [4.69, 9.17) is 0 Å². The molecule has 1 heterocycles. The largest absolute Gasteiger partial charge is 0.249 e. The molecule has 0 amide bonds. The Morgan fingerprint density at radius 2 is 1.85 bits per heavy atom. The van der Waals surface area contributed by atoms with Gasteiger partial charge in [0.25, 0.3) is 0 Å². The molecule has 3 nitrogen and oxygen atoms in total. The summed E-state index contributed by atoms with van der Waals surface area (Å²) in [5.74, 6) is 0. The molecule has 0 unspecified atom stereocenters. The number of rotatable bonds is 2. The van der Waals surface area contributed by atoms with E-state index in [0.29, 0.717) is 0 Å². The third-order valence-corrected chi connectivity index (χ3v) is 2.18. The van der Waals surface area contributed by atoms with Gasteiger partial charge >= 0.3 is 0 Å². The van der Waals surface area contributed by atoms with Gasteiger partial charge in [-0.2, -0.15) is 0 Å². The number of aromatic nitrogens is 3. The van der Waals surface area contributed by atoms with Crippen LogP contribution in [0.5, 0.6) is 0 Å². The standard InChI is InChI=1S/C10H19N3/c1-6-8-9(10(3,4)5)11-12-13(8)7-2/h6-7H2,1-5H3. The van der Waals surface area contributed by atoms with Gasteiger partial charge in [-0.25, -0.2) is 4.68 Å². The van der Waals surface area contributed by atoms with Crippen molar-refractivity contribution >= 4 is 0 Å². The molecule has 1 aromatic heterocycles. The van der Waals surface area contributed by atoms with E-state index in [0.717, 1.165) is 18.7 Å². The molecule has 0 radical (unpaired) electrons. The van der Waals surface area contributed by atoms with Crippen LogP contribution >= 0.6 is 0 Å². The summed E-state index contributed by atoms with van der Waals surface area (Å²) in [5.41, 5.74) is 2.52. The van der Waals surface area contributed by atoms with Gasteiger partial charge < -0.3 is 0 Å². The van der Waals surface area contributed by atoms with Crippen molar-refractivity contribution in [2.24, 2.45) is 0 Å². The van der Waals surface area contributed by atoms with Crippen LogP contribution in [-0.2, 0) is 18.4 Å². The van der Waals surface area contributed by atoms with E-state index in [-0.39, 0.29) is 5.41 Å². The molecule has 0 saturated carbocycles. The summed E-state index contributed by atoms with van der Waals surface area (Å²) in [6.07, 6.45) is 1.01. The van der Waals surface area contributed by atoms with E-state index in [9.17, 15) is 0 Å². The minimum Gasteiger partial charge on any atom is -0.249 e. The van der Waals surface area contributed by atoms with Crippen LogP contribution in [0.4, 0.5) is 0 Å². The average Bonchev–Trinajstić information content (AvgIpc) is 2.45. The molecule has 0 fully saturated rings. The maximum atomic E-state index is 4.24. The molecule has 0 aliphatic carbocycles. The molecule has 3 heteroatoms. The van der Waals surface area contributed by atoms with Crippen LogP contribution in [-0.4, -0.2) is 15.0 Å². The Balaban J connectivity index is 3.16. The highest BCUT2D eigenvalue weighted by molar-refractivity contribution is 5.18. The van der Waals surface area contributed by atoms with E-state index >= 15 is 0 Å². The highest BCUT2D eigenvalue weighted by Crippen LogP contribution is 2.23. The molecule has 1 rings (SSSR count). The van der Waals surface area contributed by atoms with E-state index in [1.54, 1.807) is 0 Å². The third kappa shape index (κ3) is 1.90. The first-order chi connectivity index (χ1) is 6.00. The van der Waals surface area contributed by atoms with Crippen LogP contribution < -0.4 is 0 Å². The fraction of sp³-hybridized carbons (Fsp3) is 0.800. The lowest BCUT2D eigenvalue weighted by molar-refractivity contribution is 0.560. The molecule has 0 N–H and O–H groups in total. The van der Waals surface area contributed by atoms with E-state index in [2.05, 4.69) is 44.9 Å². The first-order valence-electron chi connectivity index (χ1n) is 4.93. The fourth-order valence-electron chi connectivity index (χ4n) is 1.52. The summed E-state index contributed by atoms with van der Waals surface area (Å²) < 4.78 is 1.99. The van der Waals surface area contributed by atoms with Crippen molar-refractivity contribution in [2.75, 3.05) is 0 Å². The summed E-state index contributed by atoms with van der Waals surface area (Å²) in [4.78, 5) is 0. The highest BCUT2D eigenvalue weighted by Gasteiger charge is 2.22. The predicted octanol–water partition coefficient (Wildman–Crippen LogP) is 2.16. The van der Waals surface area contributed by atoms with Crippen molar-refractivity contribution in [3.05, 3.63) is 11.4 Å². The quantitative estimate of drug-likeness (QED) is 0.700. The maximum Gasteiger partial charge on any atom is 0.0912 e. The highest BCUT2D eigenvalue weighted by atomic mass is 15.4. The lowest BCUT2D eigenvalue weighted by Gasteiger charge is -2.16. The number of hydrogen-bond donors (Lipinski definition) is 0. The predicted molar refractivity (Wildman–Crippen MR) is 53.8 cm³/mol. The van der Waals surface area contributed by atoms with Crippen LogP contribution in [0.25, 0.3) is 0 Å². The van der Waals surface area contributed by atoms with Gasteiger partial charge in [0.15, 0.2) is 0 Å². The van der Waals surface area contributed by atoms with Gasteiger partial charge in [-0.15, -0.1) is 5.10 Å². The second kappa shape index (κ2) is 3.48. The zero-order valence-corrected chi connectivity index (χ0v) is 9.26. The maximum absolute atomic E-state index is 4.24. The van der Waals surface area contributed by atoms with Crippen molar-refractivity contribution in [3.8, 4) is 0 Å². The zero-order chi connectivity index (χ0) is 10.1. The van der Waals surface area contributed by atoms with E-state index in [1.165, 1.54) is 5.69 Å². The summed E-state index contributed by atoms with van der Waals surface area (Å²) in [7, 11) is 0. The van der Waals surface area contributed by atoms with Crippen LogP contribution in [0.2, 0.25) is 0 Å². The summed E-state index contributed by atoms with van der Waals surface area (Å²) >= 11 is 0. The summed E-state index contributed by atoms with van der Waals surface area (Å²) in [5, 5.41) is 8.38. The molecule has 0 atom stereocenters. The summed E-state index contributed by atoms with van der Waals surface area (Å²) in [6, 6.07) is 0.